The zero-order valence-electron chi connectivity index (χ0n) is 10.0. The van der Waals surface area contributed by atoms with Gasteiger partial charge in [0, 0.05) is 14.1 Å². The van der Waals surface area contributed by atoms with E-state index in [4.69, 9.17) is 4.28 Å². The smallest absolute Gasteiger partial charge is 0.192 e. The lowest BCUT2D eigenvalue weighted by Crippen LogP contribution is -2.20. The van der Waals surface area contributed by atoms with Crippen molar-refractivity contribution < 1.29 is 12.7 Å². The molecule has 0 aromatic heterocycles. The van der Waals surface area contributed by atoms with Crippen molar-refractivity contribution in [2.45, 2.75) is 25.2 Å². The largest absolute Gasteiger partial charge is 0.313 e. The van der Waals surface area contributed by atoms with Crippen LogP contribution in [0.15, 0.2) is 23.1 Å². The third kappa shape index (κ3) is 2.81. The van der Waals surface area contributed by atoms with E-state index in [9.17, 15) is 8.42 Å². The Morgan fingerprint density at radius 1 is 1.31 bits per heavy atom. The third-order valence-corrected chi connectivity index (χ3v) is 3.75. The number of rotatable bonds is 4. The van der Waals surface area contributed by atoms with Crippen LogP contribution in [0, 0.1) is 6.92 Å². The molecular formula is C11H17NO3S. The fourth-order valence-electron chi connectivity index (χ4n) is 1.58. The maximum Gasteiger partial charge on any atom is 0.313 e. The number of nitrogens with zero attached hydrogens (tertiary/aromatic N) is 1. The third-order valence-electron chi connectivity index (χ3n) is 2.17. The SMILES string of the molecule is CCc1cccc(C)c1S(=O)(=O)ON(C)C. The second kappa shape index (κ2) is 4.95. The van der Waals surface area contributed by atoms with Crippen LogP contribution in [0.25, 0.3) is 0 Å². The molecule has 1 aromatic carbocycles. The lowest BCUT2D eigenvalue weighted by atomic mass is 10.1. The number of benzene rings is 1. The molecule has 4 nitrogen and oxygen atoms in total. The number of aryl methyl sites for hydroxylation is 2. The molecule has 0 fully saturated rings. The van der Waals surface area contributed by atoms with E-state index < -0.39 is 10.1 Å². The standard InChI is InChI=1S/C11H17NO3S/c1-5-10-8-6-7-9(2)11(10)16(13,14)15-12(3)4/h6-8H,5H2,1-4H3. The van der Waals surface area contributed by atoms with E-state index in [0.717, 1.165) is 5.56 Å². The molecule has 0 aliphatic rings. The molecule has 0 aliphatic heterocycles. The Balaban J connectivity index is 3.32. The van der Waals surface area contributed by atoms with Gasteiger partial charge in [0.1, 0.15) is 4.90 Å². The molecule has 0 spiro atoms. The van der Waals surface area contributed by atoms with E-state index in [1.807, 2.05) is 13.0 Å². The van der Waals surface area contributed by atoms with Gasteiger partial charge >= 0.3 is 10.1 Å². The van der Waals surface area contributed by atoms with Gasteiger partial charge in [-0.05, 0) is 24.5 Å². The first kappa shape index (κ1) is 13.2. The molecule has 90 valence electrons. The van der Waals surface area contributed by atoms with Gasteiger partial charge in [-0.25, -0.2) is 0 Å². The van der Waals surface area contributed by atoms with E-state index in [1.54, 1.807) is 33.2 Å². The van der Waals surface area contributed by atoms with Gasteiger partial charge in [0.2, 0.25) is 0 Å². The molecule has 0 bridgehead atoms. The predicted molar refractivity (Wildman–Crippen MR) is 62.5 cm³/mol. The molecule has 0 aliphatic carbocycles. The minimum absolute atomic E-state index is 0.284. The molecule has 5 heteroatoms. The van der Waals surface area contributed by atoms with Crippen LogP contribution < -0.4 is 0 Å². The summed E-state index contributed by atoms with van der Waals surface area (Å²) in [6, 6.07) is 5.42. The maximum atomic E-state index is 12.0. The van der Waals surface area contributed by atoms with Gasteiger partial charge in [0.15, 0.2) is 0 Å². The Bertz CT molecular complexity index is 466. The van der Waals surface area contributed by atoms with Gasteiger partial charge in [-0.3, -0.25) is 0 Å². The van der Waals surface area contributed by atoms with Crippen molar-refractivity contribution >= 4 is 10.1 Å². The monoisotopic (exact) mass is 243 g/mol. The molecule has 0 saturated carbocycles. The zero-order chi connectivity index (χ0) is 12.3. The summed E-state index contributed by atoms with van der Waals surface area (Å²) in [5.74, 6) is 0. The molecule has 0 amide bonds. The van der Waals surface area contributed by atoms with Crippen molar-refractivity contribution in [3.63, 3.8) is 0 Å². The van der Waals surface area contributed by atoms with Gasteiger partial charge < -0.3 is 0 Å². The highest BCUT2D eigenvalue weighted by atomic mass is 32.2. The van der Waals surface area contributed by atoms with Crippen LogP contribution in [0.2, 0.25) is 0 Å². The zero-order valence-corrected chi connectivity index (χ0v) is 10.8. The van der Waals surface area contributed by atoms with Crippen LogP contribution in [0.3, 0.4) is 0 Å². The minimum Gasteiger partial charge on any atom is -0.192 e. The normalized spacial score (nSPS) is 12.1. The summed E-state index contributed by atoms with van der Waals surface area (Å²) in [6.45, 7) is 3.69. The lowest BCUT2D eigenvalue weighted by Gasteiger charge is -2.14. The van der Waals surface area contributed by atoms with Crippen LogP contribution in [-0.2, 0) is 20.8 Å². The quantitative estimate of drug-likeness (QED) is 0.756. The lowest BCUT2D eigenvalue weighted by molar-refractivity contribution is 0.00503. The van der Waals surface area contributed by atoms with Crippen LogP contribution in [-0.4, -0.2) is 27.6 Å². The average Bonchev–Trinajstić information content (AvgIpc) is 2.14. The second-order valence-corrected chi connectivity index (χ2v) is 5.22. The summed E-state index contributed by atoms with van der Waals surface area (Å²) in [5, 5.41) is 1.18. The topological polar surface area (TPSA) is 46.6 Å². The molecule has 0 N–H and O–H groups in total. The maximum absolute atomic E-state index is 12.0. The van der Waals surface area contributed by atoms with Crippen LogP contribution in [0.4, 0.5) is 0 Å². The van der Waals surface area contributed by atoms with Gasteiger partial charge in [0.25, 0.3) is 0 Å². The van der Waals surface area contributed by atoms with E-state index in [2.05, 4.69) is 0 Å². The van der Waals surface area contributed by atoms with Crippen LogP contribution >= 0.6 is 0 Å². The second-order valence-electron chi connectivity index (χ2n) is 3.76. The number of hydrogen-bond donors (Lipinski definition) is 0. The van der Waals surface area contributed by atoms with Gasteiger partial charge in [0.05, 0.1) is 0 Å². The van der Waals surface area contributed by atoms with Crippen molar-refractivity contribution in [3.8, 4) is 0 Å². The van der Waals surface area contributed by atoms with Crippen LogP contribution in [0.1, 0.15) is 18.1 Å². The van der Waals surface area contributed by atoms with E-state index in [1.165, 1.54) is 5.06 Å². The molecule has 0 atom stereocenters. The van der Waals surface area contributed by atoms with Crippen molar-refractivity contribution in [2.24, 2.45) is 0 Å². The summed E-state index contributed by atoms with van der Waals surface area (Å²) in [4.78, 5) is 0.284. The molecule has 0 radical (unpaired) electrons. The fraction of sp³-hybridized carbons (Fsp3) is 0.455. The first-order valence-electron chi connectivity index (χ1n) is 5.09. The average molecular weight is 243 g/mol. The van der Waals surface area contributed by atoms with E-state index in [0.29, 0.717) is 12.0 Å². The minimum atomic E-state index is -3.71. The van der Waals surface area contributed by atoms with Crippen molar-refractivity contribution in [1.29, 1.82) is 0 Å². The first-order chi connectivity index (χ1) is 7.38. The molecule has 1 aromatic rings. The first-order valence-corrected chi connectivity index (χ1v) is 6.49. The predicted octanol–water partition coefficient (Wildman–Crippen LogP) is 1.74. The molecule has 16 heavy (non-hydrogen) atoms. The number of hydrogen-bond acceptors (Lipinski definition) is 4. The molecular weight excluding hydrogens is 226 g/mol. The summed E-state index contributed by atoms with van der Waals surface area (Å²) < 4.78 is 28.8. The van der Waals surface area contributed by atoms with Crippen LogP contribution in [0.5, 0.6) is 0 Å². The van der Waals surface area contributed by atoms with Crippen molar-refractivity contribution in [2.75, 3.05) is 14.1 Å². The van der Waals surface area contributed by atoms with Crippen molar-refractivity contribution in [3.05, 3.63) is 29.3 Å². The van der Waals surface area contributed by atoms with Gasteiger partial charge in [-0.1, -0.05) is 25.1 Å². The Hall–Kier alpha value is -0.910. The Morgan fingerprint density at radius 2 is 1.94 bits per heavy atom. The fourth-order valence-corrected chi connectivity index (χ4v) is 3.05. The molecule has 0 heterocycles. The highest BCUT2D eigenvalue weighted by Gasteiger charge is 2.22. The highest BCUT2D eigenvalue weighted by Crippen LogP contribution is 2.23. The van der Waals surface area contributed by atoms with Crippen molar-refractivity contribution in [1.82, 2.24) is 5.06 Å². The molecule has 1 rings (SSSR count). The van der Waals surface area contributed by atoms with Gasteiger partial charge in [-0.2, -0.15) is 17.8 Å². The summed E-state index contributed by atoms with van der Waals surface area (Å²) >= 11 is 0. The summed E-state index contributed by atoms with van der Waals surface area (Å²) in [5.41, 5.74) is 1.49. The van der Waals surface area contributed by atoms with Gasteiger partial charge in [-0.15, -0.1) is 0 Å². The highest BCUT2D eigenvalue weighted by molar-refractivity contribution is 7.86. The Morgan fingerprint density at radius 3 is 2.44 bits per heavy atom. The van der Waals surface area contributed by atoms with E-state index >= 15 is 0 Å². The summed E-state index contributed by atoms with van der Waals surface area (Å²) in [7, 11) is -0.621. The Kier molecular flexibility index (Phi) is 4.07. The summed E-state index contributed by atoms with van der Waals surface area (Å²) in [6.07, 6.45) is 0.660. The molecule has 0 unspecified atom stereocenters. The number of hydroxylamine groups is 2. The van der Waals surface area contributed by atoms with E-state index in [-0.39, 0.29) is 4.90 Å². The Labute approximate surface area is 96.9 Å². The molecule has 0 saturated heterocycles.